The van der Waals surface area contributed by atoms with E-state index in [2.05, 4.69) is 5.32 Å². The highest BCUT2D eigenvalue weighted by Gasteiger charge is 2.18. The van der Waals surface area contributed by atoms with E-state index in [1.807, 2.05) is 6.92 Å². The van der Waals surface area contributed by atoms with Gasteiger partial charge in [0.25, 0.3) is 0 Å². The van der Waals surface area contributed by atoms with Gasteiger partial charge in [0.15, 0.2) is 0 Å². The monoisotopic (exact) mass is 236 g/mol. The van der Waals surface area contributed by atoms with Gasteiger partial charge in [-0.15, -0.1) is 12.4 Å². The Balaban J connectivity index is 0.00000196. The van der Waals surface area contributed by atoms with Gasteiger partial charge in [0.2, 0.25) is 5.91 Å². The van der Waals surface area contributed by atoms with Crippen LogP contribution in [0.15, 0.2) is 0 Å². The van der Waals surface area contributed by atoms with Crippen molar-refractivity contribution in [2.45, 2.75) is 44.8 Å². The number of carbonyl (C=O) groups excluding carboxylic acids is 1. The first-order valence-electron chi connectivity index (χ1n) is 5.32. The zero-order valence-corrected chi connectivity index (χ0v) is 10.0. The summed E-state index contributed by atoms with van der Waals surface area (Å²) in [6.07, 6.45) is 3.57. The van der Waals surface area contributed by atoms with E-state index < -0.39 is 0 Å². The summed E-state index contributed by atoms with van der Waals surface area (Å²) >= 11 is 0. The van der Waals surface area contributed by atoms with Gasteiger partial charge in [-0.1, -0.05) is 0 Å². The van der Waals surface area contributed by atoms with E-state index >= 15 is 0 Å². The third-order valence-corrected chi connectivity index (χ3v) is 2.36. The van der Waals surface area contributed by atoms with Crippen molar-refractivity contribution in [1.82, 2.24) is 5.32 Å². The molecular formula is C10H21ClN2O2. The number of amides is 1. The number of rotatable bonds is 5. The molecule has 4 nitrogen and oxygen atoms in total. The fraction of sp³-hybridized carbons (Fsp3) is 0.900. The zero-order chi connectivity index (χ0) is 10.4. The Morgan fingerprint density at radius 2 is 2.40 bits per heavy atom. The van der Waals surface area contributed by atoms with Crippen molar-refractivity contribution in [3.8, 4) is 0 Å². The Kier molecular flexibility index (Phi) is 7.74. The minimum absolute atomic E-state index is 0. The van der Waals surface area contributed by atoms with E-state index in [0.29, 0.717) is 13.0 Å². The standard InChI is InChI=1S/C10H20N2O2.ClH/c1-8(11)4-5-12-10(13)7-9-3-2-6-14-9;/h8-9H,2-7,11H2,1H3,(H,12,13);1H. The van der Waals surface area contributed by atoms with Crippen molar-refractivity contribution in [2.24, 2.45) is 5.73 Å². The molecule has 0 aliphatic carbocycles. The lowest BCUT2D eigenvalue weighted by molar-refractivity contribution is -0.123. The summed E-state index contributed by atoms with van der Waals surface area (Å²) in [4.78, 5) is 11.3. The fourth-order valence-electron chi connectivity index (χ4n) is 1.52. The van der Waals surface area contributed by atoms with E-state index in [1.54, 1.807) is 0 Å². The van der Waals surface area contributed by atoms with Crippen molar-refractivity contribution in [2.75, 3.05) is 13.2 Å². The summed E-state index contributed by atoms with van der Waals surface area (Å²) in [7, 11) is 0. The molecule has 1 amide bonds. The molecule has 1 heterocycles. The highest BCUT2D eigenvalue weighted by Crippen LogP contribution is 2.14. The third-order valence-electron chi connectivity index (χ3n) is 2.36. The number of hydrogen-bond donors (Lipinski definition) is 2. The van der Waals surface area contributed by atoms with Crippen molar-refractivity contribution in [3.05, 3.63) is 0 Å². The predicted octanol–water partition coefficient (Wildman–Crippen LogP) is 0.831. The molecule has 2 unspecified atom stereocenters. The van der Waals surface area contributed by atoms with Gasteiger partial charge in [0.1, 0.15) is 0 Å². The summed E-state index contributed by atoms with van der Waals surface area (Å²) < 4.78 is 5.37. The van der Waals surface area contributed by atoms with E-state index in [0.717, 1.165) is 25.9 Å². The van der Waals surface area contributed by atoms with Gasteiger partial charge >= 0.3 is 0 Å². The van der Waals surface area contributed by atoms with Crippen LogP contribution in [-0.2, 0) is 9.53 Å². The fourth-order valence-corrected chi connectivity index (χ4v) is 1.52. The van der Waals surface area contributed by atoms with Crippen LogP contribution >= 0.6 is 12.4 Å². The van der Waals surface area contributed by atoms with Gasteiger partial charge in [0.05, 0.1) is 12.5 Å². The van der Waals surface area contributed by atoms with Crippen molar-refractivity contribution in [1.29, 1.82) is 0 Å². The molecule has 0 radical (unpaired) electrons. The second kappa shape index (κ2) is 7.91. The first-order chi connectivity index (χ1) is 6.68. The second-order valence-electron chi connectivity index (χ2n) is 3.96. The van der Waals surface area contributed by atoms with Crippen LogP contribution in [0.1, 0.15) is 32.6 Å². The van der Waals surface area contributed by atoms with Gasteiger partial charge in [-0.3, -0.25) is 4.79 Å². The van der Waals surface area contributed by atoms with Gasteiger partial charge in [-0.05, 0) is 26.2 Å². The summed E-state index contributed by atoms with van der Waals surface area (Å²) in [6, 6.07) is 0.151. The Morgan fingerprint density at radius 1 is 1.67 bits per heavy atom. The summed E-state index contributed by atoms with van der Waals surface area (Å²) in [5.41, 5.74) is 5.57. The number of hydrogen-bond acceptors (Lipinski definition) is 3. The van der Waals surface area contributed by atoms with Gasteiger partial charge in [-0.2, -0.15) is 0 Å². The summed E-state index contributed by atoms with van der Waals surface area (Å²) in [5, 5.41) is 2.84. The molecule has 1 rings (SSSR count). The van der Waals surface area contributed by atoms with Crippen LogP contribution < -0.4 is 11.1 Å². The highest BCUT2D eigenvalue weighted by molar-refractivity contribution is 5.85. The number of halogens is 1. The molecule has 1 saturated heterocycles. The Bertz CT molecular complexity index is 182. The lowest BCUT2D eigenvalue weighted by Gasteiger charge is -2.10. The van der Waals surface area contributed by atoms with Crippen LogP contribution in [-0.4, -0.2) is 31.2 Å². The molecule has 0 spiro atoms. The number of carbonyl (C=O) groups is 1. The van der Waals surface area contributed by atoms with Gasteiger partial charge in [0, 0.05) is 19.2 Å². The molecule has 0 aromatic rings. The van der Waals surface area contributed by atoms with Crippen LogP contribution in [0.3, 0.4) is 0 Å². The third kappa shape index (κ3) is 6.71. The normalized spacial score (nSPS) is 21.9. The average Bonchev–Trinajstić information content (AvgIpc) is 2.56. The molecule has 5 heteroatoms. The zero-order valence-electron chi connectivity index (χ0n) is 9.20. The molecule has 0 aromatic carbocycles. The summed E-state index contributed by atoms with van der Waals surface area (Å²) in [5.74, 6) is 0.0811. The minimum atomic E-state index is 0. The molecule has 0 aromatic heterocycles. The molecule has 2 atom stereocenters. The lowest BCUT2D eigenvalue weighted by Crippen LogP contribution is -2.31. The van der Waals surface area contributed by atoms with E-state index in [-0.39, 0.29) is 30.5 Å². The second-order valence-corrected chi connectivity index (χ2v) is 3.96. The largest absolute Gasteiger partial charge is 0.378 e. The van der Waals surface area contributed by atoms with E-state index in [4.69, 9.17) is 10.5 Å². The molecule has 1 aliphatic rings. The van der Waals surface area contributed by atoms with Crippen LogP contribution in [0, 0.1) is 0 Å². The summed E-state index contributed by atoms with van der Waals surface area (Å²) in [6.45, 7) is 3.41. The average molecular weight is 237 g/mol. The van der Waals surface area contributed by atoms with Crippen LogP contribution in [0.25, 0.3) is 0 Å². The van der Waals surface area contributed by atoms with E-state index in [1.165, 1.54) is 0 Å². The first-order valence-corrected chi connectivity index (χ1v) is 5.32. The molecule has 1 aliphatic heterocycles. The molecule has 0 bridgehead atoms. The first kappa shape index (κ1) is 14.7. The van der Waals surface area contributed by atoms with E-state index in [9.17, 15) is 4.79 Å². The quantitative estimate of drug-likeness (QED) is 0.743. The Labute approximate surface area is 97.3 Å². The van der Waals surface area contributed by atoms with Crippen molar-refractivity contribution in [3.63, 3.8) is 0 Å². The molecule has 3 N–H and O–H groups in total. The van der Waals surface area contributed by atoms with Crippen LogP contribution in [0.4, 0.5) is 0 Å². The Hall–Kier alpha value is -0.320. The Morgan fingerprint density at radius 3 is 2.93 bits per heavy atom. The molecule has 1 fully saturated rings. The smallest absolute Gasteiger partial charge is 0.222 e. The SMILES string of the molecule is CC(N)CCNC(=O)CC1CCCO1.Cl. The predicted molar refractivity (Wildman–Crippen MR) is 62.1 cm³/mol. The minimum Gasteiger partial charge on any atom is -0.378 e. The maximum absolute atomic E-state index is 11.3. The molecular weight excluding hydrogens is 216 g/mol. The van der Waals surface area contributed by atoms with Crippen molar-refractivity contribution >= 4 is 18.3 Å². The number of nitrogens with two attached hydrogens (primary N) is 1. The maximum Gasteiger partial charge on any atom is 0.222 e. The number of ether oxygens (including phenoxy) is 1. The molecule has 15 heavy (non-hydrogen) atoms. The molecule has 0 saturated carbocycles. The van der Waals surface area contributed by atoms with Crippen molar-refractivity contribution < 1.29 is 9.53 Å². The molecule has 90 valence electrons. The lowest BCUT2D eigenvalue weighted by atomic mass is 10.2. The van der Waals surface area contributed by atoms with Crippen LogP contribution in [0.5, 0.6) is 0 Å². The topological polar surface area (TPSA) is 64.3 Å². The maximum atomic E-state index is 11.3. The van der Waals surface area contributed by atoms with Gasteiger partial charge < -0.3 is 15.8 Å². The van der Waals surface area contributed by atoms with Gasteiger partial charge in [-0.25, -0.2) is 0 Å². The number of nitrogens with one attached hydrogen (secondary N) is 1. The van der Waals surface area contributed by atoms with Crippen LogP contribution in [0.2, 0.25) is 0 Å². The highest BCUT2D eigenvalue weighted by atomic mass is 35.5.